The van der Waals surface area contributed by atoms with Crippen molar-refractivity contribution in [3.8, 4) is 0 Å². The Bertz CT molecular complexity index is 947. The van der Waals surface area contributed by atoms with Gasteiger partial charge in [-0.2, -0.15) is 0 Å². The van der Waals surface area contributed by atoms with Crippen molar-refractivity contribution in [3.63, 3.8) is 0 Å². The minimum absolute atomic E-state index is 0.0877. The van der Waals surface area contributed by atoms with Crippen molar-refractivity contribution in [2.24, 2.45) is 5.92 Å². The van der Waals surface area contributed by atoms with E-state index >= 15 is 0 Å². The number of hydrogen-bond acceptors (Lipinski definition) is 5. The van der Waals surface area contributed by atoms with Gasteiger partial charge in [0.25, 0.3) is 0 Å². The molecular formula is C18H24N4O3S. The summed E-state index contributed by atoms with van der Waals surface area (Å²) in [4.78, 5) is 23.9. The van der Waals surface area contributed by atoms with E-state index in [4.69, 9.17) is 0 Å². The number of aromatic nitrogens is 3. The molecule has 26 heavy (non-hydrogen) atoms. The summed E-state index contributed by atoms with van der Waals surface area (Å²) in [6.07, 6.45) is 9.48. The molecule has 1 amide bonds. The Kier molecular flexibility index (Phi) is 5.41. The molecule has 7 nitrogen and oxygen atoms in total. The van der Waals surface area contributed by atoms with Gasteiger partial charge in [0, 0.05) is 23.9 Å². The number of sulfone groups is 1. The van der Waals surface area contributed by atoms with Crippen LogP contribution in [0.3, 0.4) is 0 Å². The van der Waals surface area contributed by atoms with E-state index in [9.17, 15) is 13.2 Å². The summed E-state index contributed by atoms with van der Waals surface area (Å²) >= 11 is 0. The number of allylic oxidation sites excluding steroid dienone is 1. The van der Waals surface area contributed by atoms with Crippen LogP contribution in [0.2, 0.25) is 0 Å². The lowest BCUT2D eigenvalue weighted by Gasteiger charge is -2.19. The molecule has 0 saturated heterocycles. The number of rotatable bonds is 6. The molecule has 3 rings (SSSR count). The maximum absolute atomic E-state index is 11.9. The molecule has 0 radical (unpaired) electrons. The second-order valence-corrected chi connectivity index (χ2v) is 9.16. The van der Waals surface area contributed by atoms with Crippen LogP contribution in [0.25, 0.3) is 11.0 Å². The summed E-state index contributed by atoms with van der Waals surface area (Å²) < 4.78 is 22.1. The molecule has 1 aliphatic carbocycles. The van der Waals surface area contributed by atoms with Crippen molar-refractivity contribution in [3.05, 3.63) is 35.4 Å². The maximum atomic E-state index is 11.9. The molecule has 0 saturated carbocycles. The molecule has 0 spiro atoms. The first-order valence-electron chi connectivity index (χ1n) is 8.78. The molecule has 0 bridgehead atoms. The predicted octanol–water partition coefficient (Wildman–Crippen LogP) is 1.48. The first kappa shape index (κ1) is 18.6. The molecule has 2 aromatic rings. The Morgan fingerprint density at radius 1 is 1.42 bits per heavy atom. The highest BCUT2D eigenvalue weighted by Gasteiger charge is 2.22. The van der Waals surface area contributed by atoms with Crippen molar-refractivity contribution in [2.75, 3.05) is 18.6 Å². The van der Waals surface area contributed by atoms with E-state index in [1.807, 2.05) is 13.0 Å². The van der Waals surface area contributed by atoms with Gasteiger partial charge in [0.2, 0.25) is 5.91 Å². The summed E-state index contributed by atoms with van der Waals surface area (Å²) in [6, 6.07) is 0. The number of amides is 1. The molecule has 1 atom stereocenters. The van der Waals surface area contributed by atoms with Gasteiger partial charge < -0.3 is 10.3 Å². The standard InChI is InChI=1S/C18H24N4O3S/c1-12-17-14-10-13(4-6-15(14)22-18(17)21-11-20-12)5-7-16(23)19-8-3-9-26(2,24)25/h5,7,11,13H,3-4,6,8-10H2,1-2H3,(H,19,23)(H,20,21,22)/b7-5+. The average Bonchev–Trinajstić information content (AvgIpc) is 2.95. The fraction of sp³-hybridized carbons (Fsp3) is 0.500. The Morgan fingerprint density at radius 3 is 3.00 bits per heavy atom. The van der Waals surface area contributed by atoms with E-state index in [1.54, 1.807) is 12.4 Å². The van der Waals surface area contributed by atoms with Crippen LogP contribution in [0.4, 0.5) is 0 Å². The summed E-state index contributed by atoms with van der Waals surface area (Å²) in [5, 5.41) is 3.83. The van der Waals surface area contributed by atoms with Crippen molar-refractivity contribution in [1.29, 1.82) is 0 Å². The number of fused-ring (bicyclic) bond motifs is 3. The fourth-order valence-electron chi connectivity index (χ4n) is 3.42. The van der Waals surface area contributed by atoms with Crippen LogP contribution in [-0.4, -0.2) is 47.8 Å². The van der Waals surface area contributed by atoms with Crippen LogP contribution in [0, 0.1) is 12.8 Å². The van der Waals surface area contributed by atoms with Gasteiger partial charge in [-0.1, -0.05) is 6.08 Å². The van der Waals surface area contributed by atoms with Crippen LogP contribution >= 0.6 is 0 Å². The second-order valence-electron chi connectivity index (χ2n) is 6.90. The van der Waals surface area contributed by atoms with E-state index in [0.717, 1.165) is 36.0 Å². The molecule has 2 aromatic heterocycles. The number of nitrogens with one attached hydrogen (secondary N) is 2. The minimum atomic E-state index is -2.98. The van der Waals surface area contributed by atoms with E-state index < -0.39 is 9.84 Å². The van der Waals surface area contributed by atoms with Gasteiger partial charge in [0.05, 0.1) is 11.4 Å². The molecule has 1 aliphatic rings. The van der Waals surface area contributed by atoms with E-state index in [-0.39, 0.29) is 11.7 Å². The fourth-order valence-corrected chi connectivity index (χ4v) is 4.09. The van der Waals surface area contributed by atoms with E-state index in [1.165, 1.54) is 17.5 Å². The lowest BCUT2D eigenvalue weighted by molar-refractivity contribution is -0.116. The van der Waals surface area contributed by atoms with Gasteiger partial charge in [-0.05, 0) is 50.2 Å². The zero-order valence-corrected chi connectivity index (χ0v) is 15.9. The van der Waals surface area contributed by atoms with E-state index in [2.05, 4.69) is 20.3 Å². The van der Waals surface area contributed by atoms with Crippen LogP contribution in [0.5, 0.6) is 0 Å². The van der Waals surface area contributed by atoms with Gasteiger partial charge in [0.15, 0.2) is 0 Å². The predicted molar refractivity (Wildman–Crippen MR) is 101 cm³/mol. The number of nitrogens with zero attached hydrogens (tertiary/aromatic N) is 2. The Labute approximate surface area is 153 Å². The topological polar surface area (TPSA) is 105 Å². The minimum Gasteiger partial charge on any atom is -0.353 e. The van der Waals surface area contributed by atoms with Crippen molar-refractivity contribution in [2.45, 2.75) is 32.6 Å². The van der Waals surface area contributed by atoms with Gasteiger partial charge in [0.1, 0.15) is 21.8 Å². The van der Waals surface area contributed by atoms with Crippen LogP contribution < -0.4 is 5.32 Å². The summed E-state index contributed by atoms with van der Waals surface area (Å²) in [5.41, 5.74) is 4.34. The first-order chi connectivity index (χ1) is 12.3. The average molecular weight is 376 g/mol. The zero-order valence-electron chi connectivity index (χ0n) is 15.1. The number of H-pyrrole nitrogens is 1. The molecule has 0 aliphatic heterocycles. The van der Waals surface area contributed by atoms with Crippen molar-refractivity contribution >= 4 is 26.8 Å². The highest BCUT2D eigenvalue weighted by molar-refractivity contribution is 7.90. The summed E-state index contributed by atoms with van der Waals surface area (Å²) in [5.74, 6) is 0.204. The maximum Gasteiger partial charge on any atom is 0.243 e. The third-order valence-corrected chi connectivity index (χ3v) is 5.74. The lowest BCUT2D eigenvalue weighted by Crippen LogP contribution is -2.24. The van der Waals surface area contributed by atoms with Gasteiger partial charge in [-0.15, -0.1) is 0 Å². The highest BCUT2D eigenvalue weighted by Crippen LogP contribution is 2.32. The summed E-state index contributed by atoms with van der Waals surface area (Å²) in [7, 11) is -2.98. The van der Waals surface area contributed by atoms with Crippen LogP contribution in [0.1, 0.15) is 29.8 Å². The molecular weight excluding hydrogens is 352 g/mol. The Hall–Kier alpha value is -2.22. The third kappa shape index (κ3) is 4.49. The largest absolute Gasteiger partial charge is 0.353 e. The molecule has 0 aromatic carbocycles. The number of aromatic amines is 1. The third-order valence-electron chi connectivity index (χ3n) is 4.71. The number of carbonyl (C=O) groups is 1. The second kappa shape index (κ2) is 7.57. The quantitative estimate of drug-likeness (QED) is 0.587. The van der Waals surface area contributed by atoms with Crippen molar-refractivity contribution < 1.29 is 13.2 Å². The van der Waals surface area contributed by atoms with Crippen LogP contribution in [-0.2, 0) is 27.5 Å². The molecule has 2 N–H and O–H groups in total. The number of aryl methyl sites for hydroxylation is 2. The highest BCUT2D eigenvalue weighted by atomic mass is 32.2. The van der Waals surface area contributed by atoms with Crippen LogP contribution in [0.15, 0.2) is 18.5 Å². The monoisotopic (exact) mass is 376 g/mol. The lowest BCUT2D eigenvalue weighted by atomic mass is 9.86. The number of hydrogen-bond donors (Lipinski definition) is 2. The summed E-state index contributed by atoms with van der Waals surface area (Å²) in [6.45, 7) is 2.35. The van der Waals surface area contributed by atoms with Gasteiger partial charge in [-0.25, -0.2) is 18.4 Å². The van der Waals surface area contributed by atoms with Gasteiger partial charge >= 0.3 is 0 Å². The number of carbonyl (C=O) groups excluding carboxylic acids is 1. The molecule has 1 unspecified atom stereocenters. The Balaban J connectivity index is 1.58. The van der Waals surface area contributed by atoms with E-state index in [0.29, 0.717) is 18.9 Å². The normalized spacial score (nSPS) is 17.5. The molecule has 2 heterocycles. The molecule has 140 valence electrons. The SMILES string of the molecule is Cc1ncnc2[nH]c3c(c12)CC(/C=C/C(=O)NCCCS(C)(=O)=O)CC3. The molecule has 8 heteroatoms. The molecule has 0 fully saturated rings. The first-order valence-corrected chi connectivity index (χ1v) is 10.8. The zero-order chi connectivity index (χ0) is 18.7. The van der Waals surface area contributed by atoms with Gasteiger partial charge in [-0.3, -0.25) is 4.79 Å². The van der Waals surface area contributed by atoms with Crippen molar-refractivity contribution in [1.82, 2.24) is 20.3 Å². The Morgan fingerprint density at radius 2 is 2.23 bits per heavy atom. The smallest absolute Gasteiger partial charge is 0.243 e.